The fourth-order valence-electron chi connectivity index (χ4n) is 3.07. The van der Waals surface area contributed by atoms with Gasteiger partial charge in [0.25, 0.3) is 5.91 Å². The third kappa shape index (κ3) is 5.06. The fraction of sp³-hybridized carbons (Fsp3) is 0.778. The van der Waals surface area contributed by atoms with Crippen LogP contribution in [0.2, 0.25) is 0 Å². The molecule has 5 heteroatoms. The van der Waals surface area contributed by atoms with Crippen molar-refractivity contribution in [2.24, 2.45) is 5.92 Å². The maximum Gasteiger partial charge on any atom is 0.257 e. The molecule has 1 saturated heterocycles. The normalized spacial score (nSPS) is 18.7. The van der Waals surface area contributed by atoms with Crippen LogP contribution in [0.3, 0.4) is 0 Å². The Balaban J connectivity index is 1.93. The lowest BCUT2D eigenvalue weighted by atomic mass is 10.0. The van der Waals surface area contributed by atoms with E-state index in [-0.39, 0.29) is 12.0 Å². The molecule has 2 heterocycles. The molecule has 0 bridgehead atoms. The average molecular weight is 321 g/mol. The van der Waals surface area contributed by atoms with E-state index in [0.29, 0.717) is 19.7 Å². The summed E-state index contributed by atoms with van der Waals surface area (Å²) in [7, 11) is 0. The topological polar surface area (TPSA) is 47.4 Å². The minimum atomic E-state index is 0.0991. The van der Waals surface area contributed by atoms with Crippen molar-refractivity contribution in [3.8, 4) is 0 Å². The Morgan fingerprint density at radius 3 is 2.96 bits per heavy atom. The van der Waals surface area contributed by atoms with Gasteiger partial charge in [-0.1, -0.05) is 33.6 Å². The van der Waals surface area contributed by atoms with E-state index in [1.54, 1.807) is 0 Å². The number of rotatable bonds is 7. The SMILES string of the molecule is CCCn1cc(C(=O)N2CCOC(CCCC(C)C)C2)c(C)n1. The Labute approximate surface area is 140 Å². The van der Waals surface area contributed by atoms with E-state index in [9.17, 15) is 4.79 Å². The zero-order valence-corrected chi connectivity index (χ0v) is 15.0. The third-order valence-electron chi connectivity index (χ3n) is 4.36. The maximum absolute atomic E-state index is 12.8. The highest BCUT2D eigenvalue weighted by molar-refractivity contribution is 5.95. The molecule has 1 aromatic heterocycles. The number of aryl methyl sites for hydroxylation is 2. The lowest BCUT2D eigenvalue weighted by Crippen LogP contribution is -2.45. The average Bonchev–Trinajstić information content (AvgIpc) is 2.87. The molecule has 0 saturated carbocycles. The van der Waals surface area contributed by atoms with Gasteiger partial charge in [-0.15, -0.1) is 0 Å². The van der Waals surface area contributed by atoms with Gasteiger partial charge >= 0.3 is 0 Å². The highest BCUT2D eigenvalue weighted by Crippen LogP contribution is 2.17. The summed E-state index contributed by atoms with van der Waals surface area (Å²) in [5.74, 6) is 0.824. The second kappa shape index (κ2) is 8.48. The molecule has 130 valence electrons. The van der Waals surface area contributed by atoms with Crippen LogP contribution < -0.4 is 0 Å². The van der Waals surface area contributed by atoms with Gasteiger partial charge in [0.15, 0.2) is 0 Å². The largest absolute Gasteiger partial charge is 0.375 e. The van der Waals surface area contributed by atoms with Crippen molar-refractivity contribution in [2.45, 2.75) is 66.0 Å². The molecule has 0 radical (unpaired) electrons. The monoisotopic (exact) mass is 321 g/mol. The van der Waals surface area contributed by atoms with Crippen molar-refractivity contribution in [1.82, 2.24) is 14.7 Å². The number of nitrogens with zero attached hydrogens (tertiary/aromatic N) is 3. The van der Waals surface area contributed by atoms with Gasteiger partial charge in [-0.2, -0.15) is 5.10 Å². The van der Waals surface area contributed by atoms with Crippen molar-refractivity contribution < 1.29 is 9.53 Å². The standard InChI is InChI=1S/C18H31N3O2/c1-5-9-21-13-17(15(4)19-21)18(22)20-10-11-23-16(12-20)8-6-7-14(2)3/h13-14,16H,5-12H2,1-4H3. The van der Waals surface area contributed by atoms with Gasteiger partial charge in [0.1, 0.15) is 0 Å². The van der Waals surface area contributed by atoms with Crippen LogP contribution >= 0.6 is 0 Å². The van der Waals surface area contributed by atoms with Gasteiger partial charge in [0.2, 0.25) is 0 Å². The van der Waals surface area contributed by atoms with Gasteiger partial charge in [-0.3, -0.25) is 9.48 Å². The first-order valence-corrected chi connectivity index (χ1v) is 8.96. The van der Waals surface area contributed by atoms with E-state index >= 15 is 0 Å². The summed E-state index contributed by atoms with van der Waals surface area (Å²) < 4.78 is 7.71. The summed E-state index contributed by atoms with van der Waals surface area (Å²) >= 11 is 0. The van der Waals surface area contributed by atoms with Gasteiger partial charge in [0, 0.05) is 25.8 Å². The predicted molar refractivity (Wildman–Crippen MR) is 91.6 cm³/mol. The molecule has 1 aliphatic heterocycles. The van der Waals surface area contributed by atoms with Crippen LogP contribution in [-0.4, -0.2) is 46.4 Å². The Morgan fingerprint density at radius 2 is 2.26 bits per heavy atom. The van der Waals surface area contributed by atoms with Crippen LogP contribution in [-0.2, 0) is 11.3 Å². The third-order valence-corrected chi connectivity index (χ3v) is 4.36. The van der Waals surface area contributed by atoms with Crippen molar-refractivity contribution in [3.05, 3.63) is 17.5 Å². The van der Waals surface area contributed by atoms with Crippen LogP contribution in [0, 0.1) is 12.8 Å². The first-order chi connectivity index (χ1) is 11.0. The first kappa shape index (κ1) is 18.0. The lowest BCUT2D eigenvalue weighted by Gasteiger charge is -2.33. The van der Waals surface area contributed by atoms with Gasteiger partial charge in [-0.05, 0) is 25.7 Å². The molecule has 1 atom stereocenters. The number of ether oxygens (including phenoxy) is 1. The molecule has 0 spiro atoms. The molecule has 5 nitrogen and oxygen atoms in total. The predicted octanol–water partition coefficient (Wildman–Crippen LogP) is 3.27. The molecule has 1 unspecified atom stereocenters. The van der Waals surface area contributed by atoms with Gasteiger partial charge in [-0.25, -0.2) is 0 Å². The van der Waals surface area contributed by atoms with Gasteiger partial charge in [0.05, 0.1) is 24.0 Å². The Bertz CT molecular complexity index is 510. The molecule has 1 amide bonds. The molecule has 0 aromatic carbocycles. The zero-order chi connectivity index (χ0) is 16.8. The summed E-state index contributed by atoms with van der Waals surface area (Å²) in [6, 6.07) is 0. The molecule has 2 rings (SSSR count). The maximum atomic E-state index is 12.8. The summed E-state index contributed by atoms with van der Waals surface area (Å²) in [5.41, 5.74) is 1.56. The highest BCUT2D eigenvalue weighted by atomic mass is 16.5. The van der Waals surface area contributed by atoms with Crippen LogP contribution in [0.4, 0.5) is 0 Å². The van der Waals surface area contributed by atoms with Crippen LogP contribution in [0.15, 0.2) is 6.20 Å². The molecule has 1 aliphatic rings. The molecule has 0 N–H and O–H groups in total. The summed E-state index contributed by atoms with van der Waals surface area (Å²) in [5, 5.41) is 4.44. The summed E-state index contributed by atoms with van der Waals surface area (Å²) in [6.45, 7) is 11.4. The first-order valence-electron chi connectivity index (χ1n) is 8.96. The number of carbonyl (C=O) groups is 1. The Kier molecular flexibility index (Phi) is 6.63. The Hall–Kier alpha value is -1.36. The van der Waals surface area contributed by atoms with Crippen LogP contribution in [0.25, 0.3) is 0 Å². The van der Waals surface area contributed by atoms with E-state index in [1.807, 2.05) is 22.7 Å². The Morgan fingerprint density at radius 1 is 1.48 bits per heavy atom. The minimum absolute atomic E-state index is 0.0991. The lowest BCUT2D eigenvalue weighted by molar-refractivity contribution is -0.0260. The van der Waals surface area contributed by atoms with Gasteiger partial charge < -0.3 is 9.64 Å². The van der Waals surface area contributed by atoms with E-state index < -0.39 is 0 Å². The second-order valence-electron chi connectivity index (χ2n) is 6.96. The zero-order valence-electron chi connectivity index (χ0n) is 15.0. The molecular formula is C18H31N3O2. The number of hydrogen-bond acceptors (Lipinski definition) is 3. The van der Waals surface area contributed by atoms with Crippen LogP contribution in [0.1, 0.15) is 62.5 Å². The van der Waals surface area contributed by atoms with Crippen LogP contribution in [0.5, 0.6) is 0 Å². The molecule has 23 heavy (non-hydrogen) atoms. The molecule has 1 fully saturated rings. The molecular weight excluding hydrogens is 290 g/mol. The fourth-order valence-corrected chi connectivity index (χ4v) is 3.07. The molecule has 1 aromatic rings. The van der Waals surface area contributed by atoms with E-state index in [1.165, 1.54) is 6.42 Å². The van der Waals surface area contributed by atoms with E-state index in [2.05, 4.69) is 25.9 Å². The number of morpholine rings is 1. The molecule has 0 aliphatic carbocycles. The van der Waals surface area contributed by atoms with Crippen molar-refractivity contribution >= 4 is 5.91 Å². The highest BCUT2D eigenvalue weighted by Gasteiger charge is 2.26. The number of amides is 1. The van der Waals surface area contributed by atoms with Crippen molar-refractivity contribution in [1.29, 1.82) is 0 Å². The second-order valence-corrected chi connectivity index (χ2v) is 6.96. The quantitative estimate of drug-likeness (QED) is 0.774. The van der Waals surface area contributed by atoms with E-state index in [4.69, 9.17) is 4.74 Å². The number of aromatic nitrogens is 2. The summed E-state index contributed by atoms with van der Waals surface area (Å²) in [4.78, 5) is 14.7. The minimum Gasteiger partial charge on any atom is -0.375 e. The number of hydrogen-bond donors (Lipinski definition) is 0. The summed E-state index contributed by atoms with van der Waals surface area (Å²) in [6.07, 6.45) is 6.51. The van der Waals surface area contributed by atoms with Crippen molar-refractivity contribution in [3.63, 3.8) is 0 Å². The smallest absolute Gasteiger partial charge is 0.257 e. The number of carbonyl (C=O) groups excluding carboxylic acids is 1. The van der Waals surface area contributed by atoms with Crippen molar-refractivity contribution in [2.75, 3.05) is 19.7 Å². The van der Waals surface area contributed by atoms with E-state index in [0.717, 1.165) is 43.0 Å².